The van der Waals surface area contributed by atoms with Crippen LogP contribution in [0.15, 0.2) is 11.2 Å². The highest BCUT2D eigenvalue weighted by molar-refractivity contribution is 8.03. The average molecular weight is 102 g/mol. The predicted octanol–water partition coefficient (Wildman–Crippen LogP) is 1.52. The molecule has 1 aliphatic heterocycles. The predicted molar refractivity (Wildman–Crippen MR) is 27.8 cm³/mol. The molecule has 0 atom stereocenters. The third kappa shape index (κ3) is 0.684. The fourth-order valence-electron chi connectivity index (χ4n) is 0.405. The molecule has 0 aromatic carbocycles. The molecule has 0 bridgehead atoms. The summed E-state index contributed by atoms with van der Waals surface area (Å²) in [4.78, 5) is 0. The summed E-state index contributed by atoms with van der Waals surface area (Å²) in [6.07, 6.45) is 2.88. The van der Waals surface area contributed by atoms with Gasteiger partial charge in [-0.3, -0.25) is 0 Å². The Morgan fingerprint density at radius 2 is 2.67 bits per heavy atom. The van der Waals surface area contributed by atoms with Gasteiger partial charge in [-0.2, -0.15) is 0 Å². The van der Waals surface area contributed by atoms with Crippen molar-refractivity contribution >= 4 is 11.8 Å². The second kappa shape index (κ2) is 1.56. The summed E-state index contributed by atoms with van der Waals surface area (Å²) in [5, 5.41) is 9.05. The molecule has 0 amide bonds. The molecule has 1 nitrogen and oxygen atoms in total. The van der Waals surface area contributed by atoms with Gasteiger partial charge in [-0.05, 0) is 12.5 Å². The van der Waals surface area contributed by atoms with Crippen molar-refractivity contribution < 1.29 is 5.11 Å². The van der Waals surface area contributed by atoms with E-state index in [-0.39, 0.29) is 0 Å². The first-order chi connectivity index (χ1) is 2.89. The first-order valence-electron chi connectivity index (χ1n) is 1.91. The minimum Gasteiger partial charge on any atom is -0.502 e. The van der Waals surface area contributed by atoms with E-state index in [2.05, 4.69) is 0 Å². The Kier molecular flexibility index (Phi) is 1.05. The molecule has 0 unspecified atom stereocenters. The fourth-order valence-corrected chi connectivity index (χ4v) is 1.09. The zero-order chi connectivity index (χ0) is 4.41. The van der Waals surface area contributed by atoms with Gasteiger partial charge in [0.15, 0.2) is 0 Å². The maximum absolute atomic E-state index is 8.55. The maximum Gasteiger partial charge on any atom is 0.145 e. The SMILES string of the molecule is OC1=CCCS1. The smallest absolute Gasteiger partial charge is 0.145 e. The molecule has 0 aliphatic carbocycles. The molecule has 0 aromatic rings. The van der Waals surface area contributed by atoms with Gasteiger partial charge in [-0.1, -0.05) is 11.8 Å². The van der Waals surface area contributed by atoms with Crippen molar-refractivity contribution in [3.05, 3.63) is 11.2 Å². The Morgan fingerprint density at radius 1 is 1.83 bits per heavy atom. The Balaban J connectivity index is 2.45. The zero-order valence-corrected chi connectivity index (χ0v) is 4.16. The van der Waals surface area contributed by atoms with Gasteiger partial charge in [0.2, 0.25) is 0 Å². The van der Waals surface area contributed by atoms with E-state index >= 15 is 0 Å². The highest BCUT2D eigenvalue weighted by Gasteiger charge is 1.98. The quantitative estimate of drug-likeness (QED) is 0.500. The second-order valence-electron chi connectivity index (χ2n) is 1.18. The summed E-state index contributed by atoms with van der Waals surface area (Å²) in [7, 11) is 0. The third-order valence-corrected chi connectivity index (χ3v) is 1.59. The van der Waals surface area contributed by atoms with Crippen LogP contribution in [0.4, 0.5) is 0 Å². The van der Waals surface area contributed by atoms with E-state index in [1.165, 1.54) is 11.8 Å². The van der Waals surface area contributed by atoms with E-state index < -0.39 is 0 Å². The molecule has 6 heavy (non-hydrogen) atoms. The fraction of sp³-hybridized carbons (Fsp3) is 0.500. The lowest BCUT2D eigenvalue weighted by Crippen LogP contribution is -1.59. The molecule has 0 spiro atoms. The molecule has 1 N–H and O–H groups in total. The van der Waals surface area contributed by atoms with Gasteiger partial charge >= 0.3 is 0 Å². The lowest BCUT2D eigenvalue weighted by atomic mass is 10.5. The number of hydrogen-bond donors (Lipinski definition) is 1. The molecule has 0 fully saturated rings. The summed E-state index contributed by atoms with van der Waals surface area (Å²) in [5.41, 5.74) is 0. The van der Waals surface area contributed by atoms with Gasteiger partial charge in [-0.15, -0.1) is 0 Å². The van der Waals surface area contributed by atoms with Gasteiger partial charge in [0, 0.05) is 5.75 Å². The normalized spacial score (nSPS) is 21.0. The van der Waals surface area contributed by atoms with Crippen LogP contribution in [0.3, 0.4) is 0 Å². The lowest BCUT2D eigenvalue weighted by Gasteiger charge is -1.80. The van der Waals surface area contributed by atoms with Gasteiger partial charge in [0.05, 0.1) is 0 Å². The molecule has 1 aliphatic rings. The van der Waals surface area contributed by atoms with E-state index in [9.17, 15) is 0 Å². The molecule has 34 valence electrons. The standard InChI is InChI=1S/C4H6OS/c5-4-2-1-3-6-4/h2,5H,1,3H2. The van der Waals surface area contributed by atoms with Crippen molar-refractivity contribution in [3.8, 4) is 0 Å². The highest BCUT2D eigenvalue weighted by Crippen LogP contribution is 2.20. The van der Waals surface area contributed by atoms with Crippen molar-refractivity contribution in [3.63, 3.8) is 0 Å². The summed E-state index contributed by atoms with van der Waals surface area (Å²) in [6, 6.07) is 0. The molecule has 0 radical (unpaired) electrons. The largest absolute Gasteiger partial charge is 0.502 e. The summed E-state index contributed by atoms with van der Waals surface area (Å²) < 4.78 is 0. The van der Waals surface area contributed by atoms with Crippen LogP contribution < -0.4 is 0 Å². The summed E-state index contributed by atoms with van der Waals surface area (Å²) in [6.45, 7) is 0. The van der Waals surface area contributed by atoms with Gasteiger partial charge in [0.1, 0.15) is 5.09 Å². The number of hydrogen-bond acceptors (Lipinski definition) is 2. The van der Waals surface area contributed by atoms with E-state index in [4.69, 9.17) is 5.11 Å². The molecule has 2 heteroatoms. The molecule has 1 heterocycles. The Morgan fingerprint density at radius 3 is 2.83 bits per heavy atom. The minimum atomic E-state index is 0.495. The van der Waals surface area contributed by atoms with E-state index in [0.717, 1.165) is 12.2 Å². The van der Waals surface area contributed by atoms with Crippen LogP contribution in [0.5, 0.6) is 0 Å². The molecule has 0 saturated heterocycles. The second-order valence-corrected chi connectivity index (χ2v) is 2.29. The minimum absolute atomic E-state index is 0.495. The summed E-state index contributed by atoms with van der Waals surface area (Å²) >= 11 is 1.51. The van der Waals surface area contributed by atoms with Crippen LogP contribution >= 0.6 is 11.8 Å². The first-order valence-corrected chi connectivity index (χ1v) is 2.90. The number of aliphatic hydroxyl groups excluding tert-OH is 1. The van der Waals surface area contributed by atoms with Gasteiger partial charge < -0.3 is 5.11 Å². The van der Waals surface area contributed by atoms with E-state index in [1.54, 1.807) is 0 Å². The number of rotatable bonds is 0. The molecule has 1 rings (SSSR count). The maximum atomic E-state index is 8.55. The highest BCUT2D eigenvalue weighted by atomic mass is 32.2. The van der Waals surface area contributed by atoms with Crippen LogP contribution in [0.1, 0.15) is 6.42 Å². The number of thioether (sulfide) groups is 1. The van der Waals surface area contributed by atoms with Crippen LogP contribution in [0, 0.1) is 0 Å². The number of aliphatic hydroxyl groups is 1. The number of allylic oxidation sites excluding steroid dienone is 1. The summed E-state index contributed by atoms with van der Waals surface area (Å²) in [5.74, 6) is 1.06. The van der Waals surface area contributed by atoms with E-state index in [1.807, 2.05) is 6.08 Å². The van der Waals surface area contributed by atoms with E-state index in [0.29, 0.717) is 5.09 Å². The lowest BCUT2D eigenvalue weighted by molar-refractivity contribution is 0.457. The first kappa shape index (κ1) is 4.06. The topological polar surface area (TPSA) is 20.2 Å². The van der Waals surface area contributed by atoms with Crippen molar-refractivity contribution in [2.24, 2.45) is 0 Å². The Bertz CT molecular complexity index is 77.6. The van der Waals surface area contributed by atoms with Crippen LogP contribution in [-0.4, -0.2) is 10.9 Å². The molecule has 0 saturated carbocycles. The third-order valence-electron chi connectivity index (χ3n) is 0.687. The van der Waals surface area contributed by atoms with Crippen molar-refractivity contribution in [1.29, 1.82) is 0 Å². The molecule has 0 aromatic heterocycles. The van der Waals surface area contributed by atoms with Gasteiger partial charge in [-0.25, -0.2) is 0 Å². The van der Waals surface area contributed by atoms with Crippen LogP contribution in [0.25, 0.3) is 0 Å². The van der Waals surface area contributed by atoms with Crippen LogP contribution in [-0.2, 0) is 0 Å². The molecular weight excluding hydrogens is 96.1 g/mol. The van der Waals surface area contributed by atoms with Crippen molar-refractivity contribution in [2.45, 2.75) is 6.42 Å². The van der Waals surface area contributed by atoms with Crippen molar-refractivity contribution in [2.75, 3.05) is 5.75 Å². The monoisotopic (exact) mass is 102 g/mol. The Hall–Kier alpha value is -0.110. The average Bonchev–Trinajstić information content (AvgIpc) is 1.86. The Labute approximate surface area is 41.1 Å². The van der Waals surface area contributed by atoms with Crippen molar-refractivity contribution in [1.82, 2.24) is 0 Å². The van der Waals surface area contributed by atoms with Gasteiger partial charge in [0.25, 0.3) is 0 Å². The molecular formula is C4H6OS. The van der Waals surface area contributed by atoms with Crippen LogP contribution in [0.2, 0.25) is 0 Å². The zero-order valence-electron chi connectivity index (χ0n) is 3.35.